The van der Waals surface area contributed by atoms with Gasteiger partial charge in [-0.25, -0.2) is 4.79 Å². The summed E-state index contributed by atoms with van der Waals surface area (Å²) in [6, 6.07) is -0.817. The Morgan fingerprint density at radius 2 is 1.94 bits per heavy atom. The lowest BCUT2D eigenvalue weighted by molar-refractivity contribution is -0.175. The van der Waals surface area contributed by atoms with E-state index in [1.54, 1.807) is 0 Å². The molecule has 0 radical (unpaired) electrons. The van der Waals surface area contributed by atoms with Crippen LogP contribution in [-0.4, -0.2) is 41.6 Å². The molecule has 3 N–H and O–H groups in total. The minimum Gasteiger partial charge on any atom is -0.330 e. The molecule has 1 aliphatic heterocycles. The maximum absolute atomic E-state index is 12.5. The van der Waals surface area contributed by atoms with Crippen molar-refractivity contribution in [3.8, 4) is 0 Å². The molecule has 5 nitrogen and oxygen atoms in total. The number of hydrogen-bond donors (Lipinski definition) is 2. The fourth-order valence-electron chi connectivity index (χ4n) is 1.52. The molecule has 8 heteroatoms. The first-order chi connectivity index (χ1) is 7.59. The number of nitrogens with one attached hydrogen (secondary N) is 1. The maximum atomic E-state index is 12.5. The van der Waals surface area contributed by atoms with Gasteiger partial charge in [-0.05, 0) is 13.8 Å². The number of amides is 3. The van der Waals surface area contributed by atoms with Crippen molar-refractivity contribution in [1.29, 1.82) is 0 Å². The molecule has 98 valence electrons. The van der Waals surface area contributed by atoms with Crippen LogP contribution in [0.1, 0.15) is 13.8 Å². The van der Waals surface area contributed by atoms with Gasteiger partial charge in [-0.3, -0.25) is 9.69 Å². The molecular formula is C9H14F3N3O2. The molecule has 1 unspecified atom stereocenters. The number of urea groups is 1. The van der Waals surface area contributed by atoms with Crippen LogP contribution in [0.4, 0.5) is 18.0 Å². The molecule has 0 bridgehead atoms. The molecule has 0 aliphatic carbocycles. The van der Waals surface area contributed by atoms with Crippen molar-refractivity contribution in [3.05, 3.63) is 0 Å². The normalized spacial score (nSPS) is 21.6. The third kappa shape index (κ3) is 2.68. The number of rotatable bonds is 3. The summed E-state index contributed by atoms with van der Waals surface area (Å²) in [5, 5.41) is 2.30. The van der Waals surface area contributed by atoms with Crippen LogP contribution < -0.4 is 11.1 Å². The highest BCUT2D eigenvalue weighted by molar-refractivity contribution is 6.06. The standard InChI is InChI=1S/C9H14F3N3O2/c1-8(2)6(16)15(7(17)14-8)4-5(3-13)9(10,11)12/h5H,3-4,13H2,1-2H3,(H,14,17). The van der Waals surface area contributed by atoms with E-state index in [0.717, 1.165) is 0 Å². The van der Waals surface area contributed by atoms with Gasteiger partial charge in [-0.2, -0.15) is 13.2 Å². The molecular weight excluding hydrogens is 239 g/mol. The van der Waals surface area contributed by atoms with E-state index in [9.17, 15) is 22.8 Å². The molecule has 0 aromatic rings. The predicted octanol–water partition coefficient (Wildman–Crippen LogP) is 0.454. The topological polar surface area (TPSA) is 75.4 Å². The van der Waals surface area contributed by atoms with E-state index < -0.39 is 42.7 Å². The van der Waals surface area contributed by atoms with Crippen molar-refractivity contribution in [2.75, 3.05) is 13.1 Å². The number of alkyl halides is 3. The van der Waals surface area contributed by atoms with Gasteiger partial charge in [0, 0.05) is 13.1 Å². The van der Waals surface area contributed by atoms with Gasteiger partial charge in [-0.15, -0.1) is 0 Å². The van der Waals surface area contributed by atoms with Gasteiger partial charge in [-0.1, -0.05) is 0 Å². The largest absolute Gasteiger partial charge is 0.394 e. The van der Waals surface area contributed by atoms with Crippen LogP contribution in [0.25, 0.3) is 0 Å². The van der Waals surface area contributed by atoms with Gasteiger partial charge < -0.3 is 11.1 Å². The summed E-state index contributed by atoms with van der Waals surface area (Å²) in [7, 11) is 0. The lowest BCUT2D eigenvalue weighted by Gasteiger charge is -2.23. The lowest BCUT2D eigenvalue weighted by atomic mass is 10.1. The summed E-state index contributed by atoms with van der Waals surface area (Å²) in [6.07, 6.45) is -4.53. The van der Waals surface area contributed by atoms with E-state index in [2.05, 4.69) is 5.32 Å². The van der Waals surface area contributed by atoms with Crippen LogP contribution in [0.15, 0.2) is 0 Å². The Labute approximate surface area is 96.1 Å². The Hall–Kier alpha value is -1.31. The molecule has 0 aromatic carbocycles. The predicted molar refractivity (Wildman–Crippen MR) is 52.9 cm³/mol. The summed E-state index contributed by atoms with van der Waals surface area (Å²) in [6.45, 7) is 1.45. The van der Waals surface area contributed by atoms with Gasteiger partial charge in [0.25, 0.3) is 5.91 Å². The van der Waals surface area contributed by atoms with Gasteiger partial charge >= 0.3 is 12.2 Å². The first-order valence-corrected chi connectivity index (χ1v) is 5.00. The molecule has 1 fully saturated rings. The molecule has 1 atom stereocenters. The number of nitrogens with zero attached hydrogens (tertiary/aromatic N) is 1. The van der Waals surface area contributed by atoms with Crippen molar-refractivity contribution in [2.45, 2.75) is 25.6 Å². The average molecular weight is 253 g/mol. The molecule has 0 aromatic heterocycles. The van der Waals surface area contributed by atoms with Gasteiger partial charge in [0.1, 0.15) is 5.54 Å². The second-order valence-electron chi connectivity index (χ2n) is 4.45. The minimum absolute atomic E-state index is 0.561. The molecule has 1 heterocycles. The molecule has 3 amide bonds. The Morgan fingerprint density at radius 3 is 2.24 bits per heavy atom. The van der Waals surface area contributed by atoms with Crippen LogP contribution in [0.5, 0.6) is 0 Å². The number of carbonyl (C=O) groups is 2. The third-order valence-electron chi connectivity index (χ3n) is 2.59. The number of halogens is 3. The zero-order chi connectivity index (χ0) is 13.4. The molecule has 0 saturated carbocycles. The highest BCUT2D eigenvalue weighted by Gasteiger charge is 2.48. The van der Waals surface area contributed by atoms with Crippen LogP contribution >= 0.6 is 0 Å². The maximum Gasteiger partial charge on any atom is 0.394 e. The Morgan fingerprint density at radius 1 is 1.41 bits per heavy atom. The van der Waals surface area contributed by atoms with Crippen LogP contribution in [-0.2, 0) is 4.79 Å². The fourth-order valence-corrected chi connectivity index (χ4v) is 1.52. The smallest absolute Gasteiger partial charge is 0.330 e. The van der Waals surface area contributed by atoms with Crippen molar-refractivity contribution in [3.63, 3.8) is 0 Å². The molecule has 0 spiro atoms. The molecule has 1 saturated heterocycles. The highest BCUT2D eigenvalue weighted by atomic mass is 19.4. The van der Waals surface area contributed by atoms with E-state index in [1.165, 1.54) is 13.8 Å². The van der Waals surface area contributed by atoms with Crippen molar-refractivity contribution >= 4 is 11.9 Å². The van der Waals surface area contributed by atoms with E-state index in [-0.39, 0.29) is 0 Å². The molecule has 1 rings (SSSR count). The van der Waals surface area contributed by atoms with E-state index >= 15 is 0 Å². The molecule has 1 aliphatic rings. The Balaban J connectivity index is 2.82. The first-order valence-electron chi connectivity index (χ1n) is 5.00. The van der Waals surface area contributed by atoms with Crippen LogP contribution in [0.3, 0.4) is 0 Å². The first kappa shape index (κ1) is 13.8. The summed E-state index contributed by atoms with van der Waals surface area (Å²) < 4.78 is 37.4. The summed E-state index contributed by atoms with van der Waals surface area (Å²) in [5.74, 6) is -2.57. The zero-order valence-electron chi connectivity index (χ0n) is 9.47. The summed E-state index contributed by atoms with van der Waals surface area (Å²) >= 11 is 0. The third-order valence-corrected chi connectivity index (χ3v) is 2.59. The molecule has 17 heavy (non-hydrogen) atoms. The van der Waals surface area contributed by atoms with Gasteiger partial charge in [0.05, 0.1) is 5.92 Å². The monoisotopic (exact) mass is 253 g/mol. The average Bonchev–Trinajstić information content (AvgIpc) is 2.32. The lowest BCUT2D eigenvalue weighted by Crippen LogP contribution is -2.44. The van der Waals surface area contributed by atoms with Crippen molar-refractivity contribution < 1.29 is 22.8 Å². The van der Waals surface area contributed by atoms with Gasteiger partial charge in [0.2, 0.25) is 0 Å². The van der Waals surface area contributed by atoms with Crippen molar-refractivity contribution in [2.24, 2.45) is 11.7 Å². The van der Waals surface area contributed by atoms with Gasteiger partial charge in [0.15, 0.2) is 0 Å². The summed E-state index contributed by atoms with van der Waals surface area (Å²) in [5.41, 5.74) is 3.84. The second kappa shape index (κ2) is 4.17. The van der Waals surface area contributed by atoms with Crippen LogP contribution in [0.2, 0.25) is 0 Å². The quantitative estimate of drug-likeness (QED) is 0.717. The van der Waals surface area contributed by atoms with E-state index in [1.807, 2.05) is 0 Å². The Bertz CT molecular complexity index is 341. The summed E-state index contributed by atoms with van der Waals surface area (Å²) in [4.78, 5) is 23.6. The second-order valence-corrected chi connectivity index (χ2v) is 4.45. The van der Waals surface area contributed by atoms with Crippen molar-refractivity contribution in [1.82, 2.24) is 10.2 Å². The number of hydrogen-bond acceptors (Lipinski definition) is 3. The number of nitrogens with two attached hydrogens (primary N) is 1. The van der Waals surface area contributed by atoms with E-state index in [4.69, 9.17) is 5.73 Å². The SMILES string of the molecule is CC1(C)NC(=O)N(CC(CN)C(F)(F)F)C1=O. The highest BCUT2D eigenvalue weighted by Crippen LogP contribution is 2.28. The zero-order valence-corrected chi connectivity index (χ0v) is 9.47. The van der Waals surface area contributed by atoms with E-state index in [0.29, 0.717) is 4.90 Å². The fraction of sp³-hybridized carbons (Fsp3) is 0.778. The van der Waals surface area contributed by atoms with Crippen LogP contribution in [0, 0.1) is 5.92 Å². The Kier molecular flexibility index (Phi) is 3.37. The minimum atomic E-state index is -4.53. The number of imide groups is 1. The number of carbonyl (C=O) groups excluding carboxylic acids is 2.